The van der Waals surface area contributed by atoms with E-state index in [1.54, 1.807) is 0 Å². The molecule has 1 aliphatic carbocycles. The summed E-state index contributed by atoms with van der Waals surface area (Å²) in [5.41, 5.74) is 0. The average Bonchev–Trinajstić information content (AvgIpc) is 2.73. The molecule has 3 heteroatoms. The molecule has 3 nitrogen and oxygen atoms in total. The van der Waals surface area contributed by atoms with Crippen molar-refractivity contribution in [1.29, 1.82) is 0 Å². The molecular formula is C11H19NO2. The number of carbonyl (C=O) groups is 1. The second-order valence-corrected chi connectivity index (χ2v) is 4.53. The molecule has 1 saturated carbocycles. The summed E-state index contributed by atoms with van der Waals surface area (Å²) in [6, 6.07) is 0.988. The zero-order valence-corrected chi connectivity index (χ0v) is 9.03. The molecule has 0 spiro atoms. The van der Waals surface area contributed by atoms with E-state index in [0.29, 0.717) is 24.0 Å². The van der Waals surface area contributed by atoms with Gasteiger partial charge in [-0.2, -0.15) is 0 Å². The molecule has 0 aromatic rings. The van der Waals surface area contributed by atoms with Gasteiger partial charge in [-0.15, -0.1) is 0 Å². The van der Waals surface area contributed by atoms with E-state index in [0.717, 1.165) is 32.3 Å². The largest absolute Gasteiger partial charge is 0.377 e. The summed E-state index contributed by atoms with van der Waals surface area (Å²) in [4.78, 5) is 13.6. The van der Waals surface area contributed by atoms with Crippen LogP contribution in [0.5, 0.6) is 0 Å². The number of ether oxygens (including phenoxy) is 1. The lowest BCUT2D eigenvalue weighted by Gasteiger charge is -2.31. The van der Waals surface area contributed by atoms with Crippen LogP contribution >= 0.6 is 0 Å². The summed E-state index contributed by atoms with van der Waals surface area (Å²) < 4.78 is 5.55. The first-order valence-electron chi connectivity index (χ1n) is 5.53. The summed E-state index contributed by atoms with van der Waals surface area (Å²) in [5.74, 6) is 0.424. The minimum atomic E-state index is 0.329. The first-order valence-corrected chi connectivity index (χ1v) is 5.53. The molecule has 2 rings (SSSR count). The van der Waals surface area contributed by atoms with Crippen molar-refractivity contribution in [3.63, 3.8) is 0 Å². The van der Waals surface area contributed by atoms with Crippen LogP contribution in [-0.2, 0) is 9.53 Å². The van der Waals surface area contributed by atoms with E-state index >= 15 is 0 Å². The van der Waals surface area contributed by atoms with Gasteiger partial charge >= 0.3 is 0 Å². The van der Waals surface area contributed by atoms with Gasteiger partial charge < -0.3 is 4.74 Å². The van der Waals surface area contributed by atoms with Gasteiger partial charge in [0.15, 0.2) is 0 Å². The fourth-order valence-electron chi connectivity index (χ4n) is 2.67. The number of ketones is 1. The second kappa shape index (κ2) is 3.99. The predicted octanol–water partition coefficient (Wildman–Crippen LogP) is 1.22. The van der Waals surface area contributed by atoms with E-state index in [2.05, 4.69) is 18.9 Å². The summed E-state index contributed by atoms with van der Waals surface area (Å²) in [5, 5.41) is 0. The molecule has 0 N–H and O–H groups in total. The van der Waals surface area contributed by atoms with Crippen LogP contribution < -0.4 is 0 Å². The Morgan fingerprint density at radius 1 is 1.43 bits per heavy atom. The van der Waals surface area contributed by atoms with Gasteiger partial charge in [0, 0.05) is 31.5 Å². The Morgan fingerprint density at radius 2 is 2.21 bits per heavy atom. The van der Waals surface area contributed by atoms with Gasteiger partial charge in [0.05, 0.1) is 6.10 Å². The summed E-state index contributed by atoms with van der Waals surface area (Å²) in [6.07, 6.45) is 4.01. The maximum absolute atomic E-state index is 11.2. The molecule has 3 unspecified atom stereocenters. The molecule has 2 fully saturated rings. The smallest absolute Gasteiger partial charge is 0.134 e. The molecule has 0 aromatic carbocycles. The molecule has 14 heavy (non-hydrogen) atoms. The molecule has 0 aromatic heterocycles. The van der Waals surface area contributed by atoms with Crippen LogP contribution in [0, 0.1) is 0 Å². The number of Topliss-reactive ketones (excluding diaryl/α,β-unsaturated/α-hetero) is 1. The second-order valence-electron chi connectivity index (χ2n) is 4.53. The lowest BCUT2D eigenvalue weighted by Crippen LogP contribution is -2.42. The van der Waals surface area contributed by atoms with Crippen LogP contribution in [-0.4, -0.2) is 42.5 Å². The van der Waals surface area contributed by atoms with Gasteiger partial charge in [0.1, 0.15) is 5.78 Å². The Bertz CT molecular complexity index is 229. The zero-order chi connectivity index (χ0) is 10.1. The number of likely N-dealkylation sites (N-methyl/N-ethyl adjacent to an activating group) is 1. The first kappa shape index (κ1) is 10.1. The third-order valence-corrected chi connectivity index (χ3v) is 3.65. The van der Waals surface area contributed by atoms with Crippen molar-refractivity contribution in [3.8, 4) is 0 Å². The monoisotopic (exact) mass is 197 g/mol. The van der Waals surface area contributed by atoms with Crippen LogP contribution in [0.2, 0.25) is 0 Å². The Morgan fingerprint density at radius 3 is 2.71 bits per heavy atom. The summed E-state index contributed by atoms with van der Waals surface area (Å²) in [7, 11) is 2.14. The maximum atomic E-state index is 11.2. The van der Waals surface area contributed by atoms with E-state index in [1.807, 2.05) is 0 Å². The van der Waals surface area contributed by atoms with Crippen molar-refractivity contribution >= 4 is 5.78 Å². The fraction of sp³-hybridized carbons (Fsp3) is 0.909. The van der Waals surface area contributed by atoms with Crippen molar-refractivity contribution in [2.45, 2.75) is 50.8 Å². The van der Waals surface area contributed by atoms with Crippen molar-refractivity contribution in [1.82, 2.24) is 4.90 Å². The lowest BCUT2D eigenvalue weighted by molar-refractivity contribution is -0.117. The quantitative estimate of drug-likeness (QED) is 0.666. The van der Waals surface area contributed by atoms with Gasteiger partial charge in [-0.25, -0.2) is 0 Å². The fourth-order valence-corrected chi connectivity index (χ4v) is 2.67. The number of nitrogens with zero attached hydrogens (tertiary/aromatic N) is 1. The van der Waals surface area contributed by atoms with Crippen LogP contribution in [0.1, 0.15) is 32.6 Å². The first-order chi connectivity index (χ1) is 6.68. The molecule has 1 aliphatic heterocycles. The van der Waals surface area contributed by atoms with Crippen molar-refractivity contribution in [3.05, 3.63) is 0 Å². The molecular weight excluding hydrogens is 178 g/mol. The van der Waals surface area contributed by atoms with Crippen LogP contribution in [0.4, 0.5) is 0 Å². The highest BCUT2D eigenvalue weighted by atomic mass is 16.5. The Balaban J connectivity index is 1.94. The molecule has 2 aliphatic rings. The normalized spacial score (nSPS) is 38.5. The molecule has 0 radical (unpaired) electrons. The van der Waals surface area contributed by atoms with Gasteiger partial charge in [-0.3, -0.25) is 9.69 Å². The van der Waals surface area contributed by atoms with E-state index in [9.17, 15) is 4.79 Å². The van der Waals surface area contributed by atoms with E-state index in [-0.39, 0.29) is 0 Å². The van der Waals surface area contributed by atoms with Gasteiger partial charge in [0.25, 0.3) is 0 Å². The third-order valence-electron chi connectivity index (χ3n) is 3.65. The Labute approximate surface area is 85.4 Å². The number of carbonyl (C=O) groups excluding carboxylic acids is 1. The molecule has 0 bridgehead atoms. The Hall–Kier alpha value is -0.410. The highest BCUT2D eigenvalue weighted by Gasteiger charge is 2.34. The van der Waals surface area contributed by atoms with E-state index in [4.69, 9.17) is 4.74 Å². The topological polar surface area (TPSA) is 29.5 Å². The molecule has 3 atom stereocenters. The molecule has 1 saturated heterocycles. The minimum Gasteiger partial charge on any atom is -0.377 e. The van der Waals surface area contributed by atoms with Gasteiger partial charge in [-0.05, 0) is 26.8 Å². The number of hydrogen-bond acceptors (Lipinski definition) is 3. The standard InChI is InChI=1S/C11H19NO2/c1-8-11(5-6-14-8)12(2)9-3-4-10(13)7-9/h8-9,11H,3-7H2,1-2H3. The third kappa shape index (κ3) is 1.84. The molecule has 0 amide bonds. The van der Waals surface area contributed by atoms with Gasteiger partial charge in [-0.1, -0.05) is 0 Å². The summed E-state index contributed by atoms with van der Waals surface area (Å²) >= 11 is 0. The lowest BCUT2D eigenvalue weighted by atomic mass is 10.1. The highest BCUT2D eigenvalue weighted by Crippen LogP contribution is 2.26. The average molecular weight is 197 g/mol. The highest BCUT2D eigenvalue weighted by molar-refractivity contribution is 5.81. The van der Waals surface area contributed by atoms with Crippen LogP contribution in [0.3, 0.4) is 0 Å². The minimum absolute atomic E-state index is 0.329. The number of rotatable bonds is 2. The van der Waals surface area contributed by atoms with Gasteiger partial charge in [0.2, 0.25) is 0 Å². The van der Waals surface area contributed by atoms with Crippen LogP contribution in [0.15, 0.2) is 0 Å². The van der Waals surface area contributed by atoms with E-state index in [1.165, 1.54) is 0 Å². The maximum Gasteiger partial charge on any atom is 0.134 e. The van der Waals surface area contributed by atoms with Crippen LogP contribution in [0.25, 0.3) is 0 Å². The molecule has 80 valence electrons. The SMILES string of the molecule is CC1OCCC1N(C)C1CCC(=O)C1. The van der Waals surface area contributed by atoms with E-state index < -0.39 is 0 Å². The Kier molecular flexibility index (Phi) is 2.88. The zero-order valence-electron chi connectivity index (χ0n) is 9.03. The van der Waals surface area contributed by atoms with Crippen molar-refractivity contribution < 1.29 is 9.53 Å². The summed E-state index contributed by atoms with van der Waals surface area (Å²) in [6.45, 7) is 3.00. The predicted molar refractivity (Wildman–Crippen MR) is 54.2 cm³/mol. The molecule has 1 heterocycles. The number of hydrogen-bond donors (Lipinski definition) is 0. The van der Waals surface area contributed by atoms with Crippen molar-refractivity contribution in [2.75, 3.05) is 13.7 Å². The van der Waals surface area contributed by atoms with Crippen molar-refractivity contribution in [2.24, 2.45) is 0 Å².